The summed E-state index contributed by atoms with van der Waals surface area (Å²) in [5, 5.41) is 9.42. The highest BCUT2D eigenvalue weighted by atomic mass is 16.2. The summed E-state index contributed by atoms with van der Waals surface area (Å²) >= 11 is 0. The van der Waals surface area contributed by atoms with Crippen molar-refractivity contribution in [2.24, 2.45) is 5.41 Å². The van der Waals surface area contributed by atoms with Crippen LogP contribution in [-0.4, -0.2) is 23.9 Å². The molecule has 0 aliphatic carbocycles. The number of nitriles is 1. The van der Waals surface area contributed by atoms with Crippen molar-refractivity contribution < 1.29 is 4.79 Å². The smallest absolute Gasteiger partial charge is 0.243 e. The van der Waals surface area contributed by atoms with Crippen LogP contribution in [0.4, 0.5) is 0 Å². The Hall–Kier alpha value is -1.04. The minimum Gasteiger partial charge on any atom is -0.342 e. The van der Waals surface area contributed by atoms with Gasteiger partial charge in [-0.25, -0.2) is 0 Å². The second-order valence-corrected chi connectivity index (χ2v) is 4.58. The number of carbonyl (C=O) groups is 1. The molecule has 0 spiro atoms. The summed E-state index contributed by atoms with van der Waals surface area (Å²) in [7, 11) is 0. The van der Waals surface area contributed by atoms with E-state index in [0.29, 0.717) is 19.4 Å². The fourth-order valence-electron chi connectivity index (χ4n) is 2.33. The number of hydrogen-bond donors (Lipinski definition) is 0. The lowest BCUT2D eigenvalue weighted by Gasteiger charge is -2.31. The van der Waals surface area contributed by atoms with Gasteiger partial charge in [0, 0.05) is 13.1 Å². The maximum Gasteiger partial charge on any atom is 0.243 e. The van der Waals surface area contributed by atoms with Crippen molar-refractivity contribution in [2.45, 2.75) is 59.8 Å². The van der Waals surface area contributed by atoms with Crippen molar-refractivity contribution in [3.63, 3.8) is 0 Å². The van der Waals surface area contributed by atoms with Gasteiger partial charge in [-0.2, -0.15) is 5.26 Å². The lowest BCUT2D eigenvalue weighted by Crippen LogP contribution is -2.43. The minimum atomic E-state index is -0.783. The molecule has 3 heteroatoms. The zero-order chi connectivity index (χ0) is 13.3. The molecule has 0 rings (SSSR count). The van der Waals surface area contributed by atoms with E-state index < -0.39 is 5.41 Å². The first kappa shape index (κ1) is 16.0. The monoisotopic (exact) mass is 238 g/mol. The molecule has 0 unspecified atom stereocenters. The molecule has 98 valence electrons. The van der Waals surface area contributed by atoms with Crippen LogP contribution in [0.25, 0.3) is 0 Å². The van der Waals surface area contributed by atoms with E-state index in [9.17, 15) is 10.1 Å². The molecule has 0 saturated heterocycles. The molecular formula is C14H26N2O. The first-order valence-corrected chi connectivity index (χ1v) is 6.82. The van der Waals surface area contributed by atoms with Crippen LogP contribution in [0.5, 0.6) is 0 Å². The van der Waals surface area contributed by atoms with Gasteiger partial charge in [-0.15, -0.1) is 0 Å². The molecule has 0 saturated carbocycles. The highest BCUT2D eigenvalue weighted by Gasteiger charge is 2.39. The third-order valence-corrected chi connectivity index (χ3v) is 3.14. The van der Waals surface area contributed by atoms with Crippen LogP contribution in [0, 0.1) is 16.7 Å². The van der Waals surface area contributed by atoms with E-state index in [4.69, 9.17) is 0 Å². The topological polar surface area (TPSA) is 44.1 Å². The maximum absolute atomic E-state index is 12.5. The largest absolute Gasteiger partial charge is 0.342 e. The predicted molar refractivity (Wildman–Crippen MR) is 70.4 cm³/mol. The third-order valence-electron chi connectivity index (χ3n) is 3.14. The molecule has 0 aliphatic rings. The van der Waals surface area contributed by atoms with Gasteiger partial charge in [-0.05, 0) is 26.2 Å². The fourth-order valence-corrected chi connectivity index (χ4v) is 2.33. The molecular weight excluding hydrogens is 212 g/mol. The van der Waals surface area contributed by atoms with Crippen LogP contribution < -0.4 is 0 Å². The van der Waals surface area contributed by atoms with E-state index >= 15 is 0 Å². The Kier molecular flexibility index (Phi) is 7.61. The number of carbonyl (C=O) groups excluding carboxylic acids is 1. The van der Waals surface area contributed by atoms with E-state index in [-0.39, 0.29) is 5.91 Å². The van der Waals surface area contributed by atoms with Crippen molar-refractivity contribution in [1.29, 1.82) is 5.26 Å². The molecule has 0 radical (unpaired) electrons. The quantitative estimate of drug-likeness (QED) is 0.651. The SMILES string of the molecule is CCCN(CC)C(=O)C(C#N)(CCC)CCC. The summed E-state index contributed by atoms with van der Waals surface area (Å²) < 4.78 is 0. The van der Waals surface area contributed by atoms with Gasteiger partial charge in [0.2, 0.25) is 5.91 Å². The van der Waals surface area contributed by atoms with Crippen LogP contribution in [-0.2, 0) is 4.79 Å². The van der Waals surface area contributed by atoms with Crippen LogP contribution >= 0.6 is 0 Å². The average molecular weight is 238 g/mol. The molecule has 0 aromatic carbocycles. The predicted octanol–water partition coefficient (Wildman–Crippen LogP) is 3.36. The van der Waals surface area contributed by atoms with Gasteiger partial charge < -0.3 is 4.90 Å². The summed E-state index contributed by atoms with van der Waals surface area (Å²) in [6.45, 7) is 9.56. The summed E-state index contributed by atoms with van der Waals surface area (Å²) in [6, 6.07) is 2.30. The van der Waals surface area contributed by atoms with E-state index in [1.54, 1.807) is 0 Å². The second-order valence-electron chi connectivity index (χ2n) is 4.58. The Morgan fingerprint density at radius 1 is 1.12 bits per heavy atom. The molecule has 0 bridgehead atoms. The normalized spacial score (nSPS) is 11.0. The minimum absolute atomic E-state index is 0.0352. The Bertz CT molecular complexity index is 262. The van der Waals surface area contributed by atoms with Crippen LogP contribution in [0.15, 0.2) is 0 Å². The maximum atomic E-state index is 12.5. The Morgan fingerprint density at radius 2 is 1.65 bits per heavy atom. The highest BCUT2D eigenvalue weighted by molar-refractivity contribution is 5.85. The van der Waals surface area contributed by atoms with Crippen molar-refractivity contribution in [3.8, 4) is 6.07 Å². The first-order chi connectivity index (χ1) is 8.11. The highest BCUT2D eigenvalue weighted by Crippen LogP contribution is 2.31. The molecule has 0 N–H and O–H groups in total. The van der Waals surface area contributed by atoms with Gasteiger partial charge in [0.05, 0.1) is 6.07 Å². The van der Waals surface area contributed by atoms with Gasteiger partial charge >= 0.3 is 0 Å². The van der Waals surface area contributed by atoms with Crippen molar-refractivity contribution >= 4 is 5.91 Å². The van der Waals surface area contributed by atoms with Crippen LogP contribution in [0.3, 0.4) is 0 Å². The number of rotatable bonds is 8. The number of hydrogen-bond acceptors (Lipinski definition) is 2. The molecule has 17 heavy (non-hydrogen) atoms. The lowest BCUT2D eigenvalue weighted by molar-refractivity contribution is -0.139. The summed E-state index contributed by atoms with van der Waals surface area (Å²) in [5.74, 6) is 0.0352. The first-order valence-electron chi connectivity index (χ1n) is 6.82. The molecule has 0 aromatic heterocycles. The summed E-state index contributed by atoms with van der Waals surface area (Å²) in [6.07, 6.45) is 4.05. The second kappa shape index (κ2) is 8.11. The molecule has 0 atom stereocenters. The van der Waals surface area contributed by atoms with Crippen LogP contribution in [0.2, 0.25) is 0 Å². The zero-order valence-electron chi connectivity index (χ0n) is 11.8. The van der Waals surface area contributed by atoms with Gasteiger partial charge in [0.1, 0.15) is 5.41 Å². The Labute approximate surface area is 106 Å². The van der Waals surface area contributed by atoms with Gasteiger partial charge in [0.25, 0.3) is 0 Å². The fraction of sp³-hybridized carbons (Fsp3) is 0.857. The molecule has 0 aromatic rings. The Balaban J connectivity index is 5.01. The van der Waals surface area contributed by atoms with Crippen molar-refractivity contribution in [3.05, 3.63) is 0 Å². The lowest BCUT2D eigenvalue weighted by atomic mass is 9.79. The Morgan fingerprint density at radius 3 is 1.94 bits per heavy atom. The molecule has 0 heterocycles. The van der Waals surface area contributed by atoms with E-state index in [1.165, 1.54) is 0 Å². The van der Waals surface area contributed by atoms with Crippen LogP contribution in [0.1, 0.15) is 59.8 Å². The standard InChI is InChI=1S/C14H26N2O/c1-5-9-14(12-15,10-6-2)13(17)16(8-4)11-7-3/h5-11H2,1-4H3. The van der Waals surface area contributed by atoms with E-state index in [2.05, 4.69) is 13.0 Å². The van der Waals surface area contributed by atoms with Gasteiger partial charge in [-0.1, -0.05) is 33.6 Å². The van der Waals surface area contributed by atoms with Gasteiger partial charge in [-0.3, -0.25) is 4.79 Å². The van der Waals surface area contributed by atoms with E-state index in [1.807, 2.05) is 25.7 Å². The molecule has 0 aliphatic heterocycles. The summed E-state index contributed by atoms with van der Waals surface area (Å²) in [5.41, 5.74) is -0.783. The number of nitrogens with zero attached hydrogens (tertiary/aromatic N) is 2. The van der Waals surface area contributed by atoms with E-state index in [0.717, 1.165) is 25.8 Å². The van der Waals surface area contributed by atoms with Crippen molar-refractivity contribution in [2.75, 3.05) is 13.1 Å². The zero-order valence-corrected chi connectivity index (χ0v) is 11.8. The number of amides is 1. The third kappa shape index (κ3) is 4.03. The molecule has 3 nitrogen and oxygen atoms in total. The van der Waals surface area contributed by atoms with Crippen molar-refractivity contribution in [1.82, 2.24) is 4.90 Å². The molecule has 1 amide bonds. The molecule has 0 fully saturated rings. The van der Waals surface area contributed by atoms with Gasteiger partial charge in [0.15, 0.2) is 0 Å². The summed E-state index contributed by atoms with van der Waals surface area (Å²) in [4.78, 5) is 14.3. The average Bonchev–Trinajstić information content (AvgIpc) is 2.34.